The fraction of sp³-hybridized carbons (Fsp3) is 0.476. The van der Waals surface area contributed by atoms with Crippen LogP contribution in [0.2, 0.25) is 0 Å². The molecule has 1 aliphatic carbocycles. The average molecular weight is 337 g/mol. The molecule has 1 amide bonds. The Balaban J connectivity index is 1.50. The van der Waals surface area contributed by atoms with Gasteiger partial charge in [-0.3, -0.25) is 9.69 Å². The first-order valence-corrected chi connectivity index (χ1v) is 9.54. The molecule has 2 aliphatic rings. The van der Waals surface area contributed by atoms with Gasteiger partial charge in [0.25, 0.3) is 0 Å². The number of hydrogen-bond donors (Lipinski definition) is 1. The van der Waals surface area contributed by atoms with E-state index in [1.54, 1.807) is 0 Å². The molecule has 1 aromatic carbocycles. The Morgan fingerprint density at radius 1 is 1.00 bits per heavy atom. The fourth-order valence-electron chi connectivity index (χ4n) is 4.32. The van der Waals surface area contributed by atoms with E-state index in [1.807, 2.05) is 6.07 Å². The third kappa shape index (κ3) is 3.64. The lowest BCUT2D eigenvalue weighted by atomic mass is 9.95. The highest BCUT2D eigenvalue weighted by Gasteiger charge is 2.30. The van der Waals surface area contributed by atoms with Gasteiger partial charge in [0.15, 0.2) is 0 Å². The van der Waals surface area contributed by atoms with Crippen molar-refractivity contribution in [3.05, 3.63) is 59.9 Å². The molecular formula is C21H27N3O. The maximum absolute atomic E-state index is 12.6. The summed E-state index contributed by atoms with van der Waals surface area (Å²) in [6.07, 6.45) is 8.22. The van der Waals surface area contributed by atoms with Gasteiger partial charge >= 0.3 is 0 Å². The van der Waals surface area contributed by atoms with Crippen molar-refractivity contribution in [3.63, 3.8) is 0 Å². The molecule has 1 atom stereocenters. The lowest BCUT2D eigenvalue weighted by Gasteiger charge is -2.37. The maximum Gasteiger partial charge on any atom is 0.234 e. The van der Waals surface area contributed by atoms with Crippen LogP contribution in [0.25, 0.3) is 0 Å². The van der Waals surface area contributed by atoms with Gasteiger partial charge in [0.1, 0.15) is 0 Å². The minimum absolute atomic E-state index is 0.155. The summed E-state index contributed by atoms with van der Waals surface area (Å²) >= 11 is 0. The molecule has 0 saturated heterocycles. The van der Waals surface area contributed by atoms with Gasteiger partial charge in [0.05, 0.1) is 12.6 Å². The van der Waals surface area contributed by atoms with E-state index in [2.05, 4.69) is 57.4 Å². The summed E-state index contributed by atoms with van der Waals surface area (Å²) < 4.78 is 2.31. The van der Waals surface area contributed by atoms with Crippen LogP contribution in [0.5, 0.6) is 0 Å². The molecule has 25 heavy (non-hydrogen) atoms. The molecule has 0 spiro atoms. The molecule has 1 fully saturated rings. The van der Waals surface area contributed by atoms with Crippen LogP contribution in [-0.2, 0) is 11.3 Å². The molecule has 0 radical (unpaired) electrons. The molecule has 1 aromatic heterocycles. The number of nitrogens with zero attached hydrogens (tertiary/aromatic N) is 2. The normalized spacial score (nSPS) is 21.7. The van der Waals surface area contributed by atoms with Crippen LogP contribution in [0.15, 0.2) is 48.7 Å². The number of aromatic nitrogens is 1. The van der Waals surface area contributed by atoms with E-state index in [4.69, 9.17) is 0 Å². The van der Waals surface area contributed by atoms with Gasteiger partial charge in [-0.1, -0.05) is 49.6 Å². The third-order valence-electron chi connectivity index (χ3n) is 5.57. The summed E-state index contributed by atoms with van der Waals surface area (Å²) in [5.74, 6) is 0.174. The summed E-state index contributed by atoms with van der Waals surface area (Å²) in [7, 11) is 0. The first-order chi connectivity index (χ1) is 12.3. The fourth-order valence-corrected chi connectivity index (χ4v) is 4.32. The van der Waals surface area contributed by atoms with Crippen molar-refractivity contribution in [1.82, 2.24) is 14.8 Å². The van der Waals surface area contributed by atoms with E-state index >= 15 is 0 Å². The molecule has 1 N–H and O–H groups in total. The predicted molar refractivity (Wildman–Crippen MR) is 99.3 cm³/mol. The molecule has 2 aromatic rings. The predicted octanol–water partition coefficient (Wildman–Crippen LogP) is 3.34. The number of hydrogen-bond acceptors (Lipinski definition) is 2. The molecule has 132 valence electrons. The standard InChI is InChI=1S/C21H27N3O/c25-20(22-18-10-5-2-6-11-18)16-24-15-14-23-13-7-12-19(23)21(24)17-8-3-1-4-9-17/h1,3-4,7-9,12-13,18,21H,2,5-6,10-11,14-16H2,(H,22,25). The van der Waals surface area contributed by atoms with Crippen molar-refractivity contribution in [2.75, 3.05) is 13.1 Å². The van der Waals surface area contributed by atoms with Crippen molar-refractivity contribution < 1.29 is 4.79 Å². The van der Waals surface area contributed by atoms with Gasteiger partial charge in [0, 0.05) is 31.0 Å². The number of fused-ring (bicyclic) bond motifs is 1. The van der Waals surface area contributed by atoms with Crippen LogP contribution in [0, 0.1) is 0 Å². The number of carbonyl (C=O) groups excluding carboxylic acids is 1. The second-order valence-electron chi connectivity index (χ2n) is 7.31. The molecule has 1 saturated carbocycles. The lowest BCUT2D eigenvalue weighted by Crippen LogP contribution is -2.46. The van der Waals surface area contributed by atoms with Gasteiger partial charge in [-0.2, -0.15) is 0 Å². The molecule has 4 heteroatoms. The lowest BCUT2D eigenvalue weighted by molar-refractivity contribution is -0.123. The van der Waals surface area contributed by atoms with E-state index in [-0.39, 0.29) is 11.9 Å². The second-order valence-corrected chi connectivity index (χ2v) is 7.31. The Labute approximate surface area is 149 Å². The number of rotatable bonds is 4. The zero-order valence-corrected chi connectivity index (χ0v) is 14.7. The van der Waals surface area contributed by atoms with E-state index in [0.29, 0.717) is 12.6 Å². The summed E-state index contributed by atoms with van der Waals surface area (Å²) in [4.78, 5) is 15.0. The monoisotopic (exact) mass is 337 g/mol. The van der Waals surface area contributed by atoms with Crippen LogP contribution in [0.3, 0.4) is 0 Å². The molecule has 4 nitrogen and oxygen atoms in total. The molecule has 1 unspecified atom stereocenters. The van der Waals surface area contributed by atoms with Crippen LogP contribution in [0.4, 0.5) is 0 Å². The SMILES string of the molecule is O=C(CN1CCn2cccc2C1c1ccccc1)NC1CCCCC1. The highest BCUT2D eigenvalue weighted by molar-refractivity contribution is 5.78. The van der Waals surface area contributed by atoms with Gasteiger partial charge in [-0.25, -0.2) is 0 Å². The number of nitrogens with one attached hydrogen (secondary N) is 1. The molecule has 4 rings (SSSR count). The Hall–Kier alpha value is -2.07. The highest BCUT2D eigenvalue weighted by atomic mass is 16.2. The first kappa shape index (κ1) is 16.4. The van der Waals surface area contributed by atoms with E-state index in [9.17, 15) is 4.79 Å². The molecule has 2 heterocycles. The van der Waals surface area contributed by atoms with Crippen molar-refractivity contribution in [2.24, 2.45) is 0 Å². The van der Waals surface area contributed by atoms with Gasteiger partial charge in [0.2, 0.25) is 5.91 Å². The largest absolute Gasteiger partial charge is 0.352 e. The van der Waals surface area contributed by atoms with Crippen LogP contribution in [0.1, 0.15) is 49.4 Å². The Kier molecular flexibility index (Phi) is 4.88. The average Bonchev–Trinajstić information content (AvgIpc) is 3.11. The van der Waals surface area contributed by atoms with Crippen LogP contribution < -0.4 is 5.32 Å². The second kappa shape index (κ2) is 7.44. The zero-order valence-electron chi connectivity index (χ0n) is 14.7. The minimum Gasteiger partial charge on any atom is -0.352 e. The quantitative estimate of drug-likeness (QED) is 0.929. The van der Waals surface area contributed by atoms with Crippen molar-refractivity contribution >= 4 is 5.91 Å². The zero-order chi connectivity index (χ0) is 17.1. The summed E-state index contributed by atoms with van der Waals surface area (Å²) in [6, 6.07) is 15.4. The highest BCUT2D eigenvalue weighted by Crippen LogP contribution is 2.32. The first-order valence-electron chi connectivity index (χ1n) is 9.54. The summed E-state index contributed by atoms with van der Waals surface area (Å²) in [6.45, 7) is 2.32. The van der Waals surface area contributed by atoms with Crippen molar-refractivity contribution in [2.45, 2.75) is 50.7 Å². The van der Waals surface area contributed by atoms with Gasteiger partial charge in [-0.05, 0) is 30.5 Å². The summed E-state index contributed by atoms with van der Waals surface area (Å²) in [5.41, 5.74) is 2.54. The summed E-state index contributed by atoms with van der Waals surface area (Å²) in [5, 5.41) is 3.27. The van der Waals surface area contributed by atoms with Gasteiger partial charge < -0.3 is 9.88 Å². The Bertz CT molecular complexity index is 703. The van der Waals surface area contributed by atoms with Crippen LogP contribution in [-0.4, -0.2) is 34.5 Å². The minimum atomic E-state index is 0.155. The molecule has 0 bridgehead atoms. The Morgan fingerprint density at radius 3 is 2.60 bits per heavy atom. The van der Waals surface area contributed by atoms with E-state index in [0.717, 1.165) is 25.9 Å². The topological polar surface area (TPSA) is 37.3 Å². The molecular weight excluding hydrogens is 310 g/mol. The van der Waals surface area contributed by atoms with Crippen molar-refractivity contribution in [1.29, 1.82) is 0 Å². The smallest absolute Gasteiger partial charge is 0.234 e. The van der Waals surface area contributed by atoms with Gasteiger partial charge in [-0.15, -0.1) is 0 Å². The van der Waals surface area contributed by atoms with E-state index in [1.165, 1.54) is 30.5 Å². The maximum atomic E-state index is 12.6. The van der Waals surface area contributed by atoms with Crippen molar-refractivity contribution in [3.8, 4) is 0 Å². The van der Waals surface area contributed by atoms with E-state index < -0.39 is 0 Å². The number of benzene rings is 1. The Morgan fingerprint density at radius 2 is 1.80 bits per heavy atom. The molecule has 1 aliphatic heterocycles. The number of carbonyl (C=O) groups is 1. The third-order valence-corrected chi connectivity index (χ3v) is 5.57. The van der Waals surface area contributed by atoms with Crippen LogP contribution >= 0.6 is 0 Å². The number of amides is 1.